The zero-order valence-electron chi connectivity index (χ0n) is 20.3. The zero-order chi connectivity index (χ0) is 24.6. The van der Waals surface area contributed by atoms with Crippen LogP contribution in [0.1, 0.15) is 12.5 Å². The number of morpholine rings is 1. The number of hydrogen-bond donors (Lipinski definition) is 1. The van der Waals surface area contributed by atoms with E-state index in [4.69, 9.17) is 14.5 Å². The van der Waals surface area contributed by atoms with E-state index in [-0.39, 0.29) is 6.10 Å². The summed E-state index contributed by atoms with van der Waals surface area (Å²) in [6.45, 7) is 6.21. The molecule has 0 aliphatic carbocycles. The van der Waals surface area contributed by atoms with Crippen molar-refractivity contribution < 1.29 is 9.47 Å². The SMILES string of the molecule is Cc1cc(Nc2ncnc3cnc(N4CCO[C@H](C)C4)nc23)ccc1Oc1ccc2c(c1)ncn2C. The van der Waals surface area contributed by atoms with E-state index in [1.54, 1.807) is 12.5 Å². The highest BCUT2D eigenvalue weighted by Gasteiger charge is 2.20. The van der Waals surface area contributed by atoms with Crippen LogP contribution in [-0.4, -0.2) is 55.3 Å². The normalized spacial score (nSPS) is 16.0. The van der Waals surface area contributed by atoms with Gasteiger partial charge in [-0.15, -0.1) is 0 Å². The standard InChI is InChI=1S/C26H26N8O2/c1-16-10-18(4-7-23(16)36-19-5-6-22-20(11-19)30-15-33(22)3)31-25-24-21(28-14-29-25)12-27-26(32-24)34-8-9-35-17(2)13-34/h4-7,10-12,14-15,17H,8-9,13H2,1-3H3,(H,28,29,31)/t17-/m1/s1. The molecule has 5 aromatic rings. The third-order valence-electron chi connectivity index (χ3n) is 6.25. The Morgan fingerprint density at radius 2 is 1.97 bits per heavy atom. The van der Waals surface area contributed by atoms with Crippen LogP contribution in [0.2, 0.25) is 0 Å². The number of aromatic nitrogens is 6. The lowest BCUT2D eigenvalue weighted by atomic mass is 10.2. The highest BCUT2D eigenvalue weighted by molar-refractivity contribution is 5.87. The topological polar surface area (TPSA) is 103 Å². The molecule has 10 nitrogen and oxygen atoms in total. The van der Waals surface area contributed by atoms with Crippen molar-refractivity contribution in [3.05, 3.63) is 60.8 Å². The third kappa shape index (κ3) is 4.27. The highest BCUT2D eigenvalue weighted by atomic mass is 16.5. The fraction of sp³-hybridized carbons (Fsp3) is 0.269. The van der Waals surface area contributed by atoms with Crippen molar-refractivity contribution >= 4 is 39.5 Å². The number of nitrogens with one attached hydrogen (secondary N) is 1. The second kappa shape index (κ2) is 9.04. The van der Waals surface area contributed by atoms with E-state index < -0.39 is 0 Å². The maximum atomic E-state index is 6.15. The average Bonchev–Trinajstić information content (AvgIpc) is 3.25. The molecule has 1 saturated heterocycles. The molecule has 1 N–H and O–H groups in total. The molecule has 0 amide bonds. The number of imidazole rings is 1. The maximum absolute atomic E-state index is 6.15. The molecule has 0 spiro atoms. The minimum Gasteiger partial charge on any atom is -0.457 e. The van der Waals surface area contributed by atoms with Crippen LogP contribution in [-0.2, 0) is 11.8 Å². The minimum absolute atomic E-state index is 0.136. The van der Waals surface area contributed by atoms with Gasteiger partial charge in [0.05, 0.1) is 36.3 Å². The fourth-order valence-electron chi connectivity index (χ4n) is 4.37. The van der Waals surface area contributed by atoms with Crippen LogP contribution in [0.5, 0.6) is 11.5 Å². The van der Waals surface area contributed by atoms with Gasteiger partial charge in [0.2, 0.25) is 5.95 Å². The lowest BCUT2D eigenvalue weighted by Crippen LogP contribution is -2.42. The van der Waals surface area contributed by atoms with E-state index >= 15 is 0 Å². The Morgan fingerprint density at radius 1 is 1.06 bits per heavy atom. The molecule has 1 atom stereocenters. The van der Waals surface area contributed by atoms with Gasteiger partial charge in [0.25, 0.3) is 0 Å². The first-order valence-corrected chi connectivity index (χ1v) is 11.8. The number of fused-ring (bicyclic) bond motifs is 2. The molecule has 3 aromatic heterocycles. The summed E-state index contributed by atoms with van der Waals surface area (Å²) in [5.74, 6) is 2.79. The van der Waals surface area contributed by atoms with Crippen LogP contribution in [0.3, 0.4) is 0 Å². The number of hydrogen-bond acceptors (Lipinski definition) is 9. The second-order valence-electron chi connectivity index (χ2n) is 8.97. The lowest BCUT2D eigenvalue weighted by Gasteiger charge is -2.31. The Hall–Kier alpha value is -4.31. The lowest BCUT2D eigenvalue weighted by molar-refractivity contribution is 0.0526. The van der Waals surface area contributed by atoms with Gasteiger partial charge in [0.1, 0.15) is 28.9 Å². The van der Waals surface area contributed by atoms with Crippen LogP contribution in [0.15, 0.2) is 55.2 Å². The smallest absolute Gasteiger partial charge is 0.226 e. The summed E-state index contributed by atoms with van der Waals surface area (Å²) in [5, 5.41) is 3.39. The average molecular weight is 483 g/mol. The van der Waals surface area contributed by atoms with Crippen molar-refractivity contribution in [2.75, 3.05) is 29.9 Å². The molecule has 0 saturated carbocycles. The maximum Gasteiger partial charge on any atom is 0.226 e. The number of aryl methyl sites for hydroxylation is 2. The van der Waals surface area contributed by atoms with Crippen molar-refractivity contribution in [1.29, 1.82) is 0 Å². The van der Waals surface area contributed by atoms with Gasteiger partial charge in [-0.3, -0.25) is 0 Å². The van der Waals surface area contributed by atoms with Gasteiger partial charge >= 0.3 is 0 Å². The summed E-state index contributed by atoms with van der Waals surface area (Å²) in [5.41, 5.74) is 5.17. The molecule has 1 fully saturated rings. The molecule has 1 aliphatic rings. The van der Waals surface area contributed by atoms with E-state index in [0.717, 1.165) is 46.9 Å². The Bertz CT molecular complexity index is 1570. The monoisotopic (exact) mass is 482 g/mol. The summed E-state index contributed by atoms with van der Waals surface area (Å²) in [6.07, 6.45) is 5.19. The fourth-order valence-corrected chi connectivity index (χ4v) is 4.37. The molecule has 0 unspecified atom stereocenters. The van der Waals surface area contributed by atoms with Gasteiger partial charge in [-0.25, -0.2) is 24.9 Å². The molecular weight excluding hydrogens is 456 g/mol. The third-order valence-corrected chi connectivity index (χ3v) is 6.25. The summed E-state index contributed by atoms with van der Waals surface area (Å²) >= 11 is 0. The van der Waals surface area contributed by atoms with Crippen LogP contribution in [0, 0.1) is 6.92 Å². The largest absolute Gasteiger partial charge is 0.457 e. The van der Waals surface area contributed by atoms with E-state index in [9.17, 15) is 0 Å². The van der Waals surface area contributed by atoms with E-state index in [1.165, 1.54) is 6.33 Å². The summed E-state index contributed by atoms with van der Waals surface area (Å²) in [4.78, 5) is 24.6. The van der Waals surface area contributed by atoms with Gasteiger partial charge in [-0.2, -0.15) is 0 Å². The molecule has 1 aliphatic heterocycles. The number of anilines is 3. The molecular formula is C26H26N8O2. The van der Waals surface area contributed by atoms with E-state index in [0.29, 0.717) is 29.4 Å². The van der Waals surface area contributed by atoms with Crippen LogP contribution in [0.4, 0.5) is 17.5 Å². The quantitative estimate of drug-likeness (QED) is 0.391. The van der Waals surface area contributed by atoms with Crippen LogP contribution < -0.4 is 15.0 Å². The zero-order valence-corrected chi connectivity index (χ0v) is 20.3. The number of rotatable bonds is 5. The molecule has 6 rings (SSSR count). The van der Waals surface area contributed by atoms with Crippen molar-refractivity contribution in [3.63, 3.8) is 0 Å². The van der Waals surface area contributed by atoms with Gasteiger partial charge in [-0.05, 0) is 49.7 Å². The molecule has 0 bridgehead atoms. The molecule has 182 valence electrons. The van der Waals surface area contributed by atoms with E-state index in [1.807, 2.05) is 54.9 Å². The minimum atomic E-state index is 0.136. The van der Waals surface area contributed by atoms with Crippen molar-refractivity contribution in [2.45, 2.75) is 20.0 Å². The Morgan fingerprint density at radius 3 is 2.83 bits per heavy atom. The van der Waals surface area contributed by atoms with Crippen molar-refractivity contribution in [3.8, 4) is 11.5 Å². The predicted octanol–water partition coefficient (Wildman–Crippen LogP) is 4.38. The molecule has 10 heteroatoms. The summed E-state index contributed by atoms with van der Waals surface area (Å²) in [6, 6.07) is 11.8. The highest BCUT2D eigenvalue weighted by Crippen LogP contribution is 2.31. The first-order valence-electron chi connectivity index (χ1n) is 11.8. The van der Waals surface area contributed by atoms with Gasteiger partial charge in [-0.1, -0.05) is 0 Å². The van der Waals surface area contributed by atoms with Crippen molar-refractivity contribution in [2.24, 2.45) is 7.05 Å². The summed E-state index contributed by atoms with van der Waals surface area (Å²) < 4.78 is 13.8. The number of benzene rings is 2. The van der Waals surface area contributed by atoms with Gasteiger partial charge in [0.15, 0.2) is 5.82 Å². The second-order valence-corrected chi connectivity index (χ2v) is 8.97. The summed E-state index contributed by atoms with van der Waals surface area (Å²) in [7, 11) is 1.97. The molecule has 0 radical (unpaired) electrons. The number of nitrogens with zero attached hydrogens (tertiary/aromatic N) is 7. The first kappa shape index (κ1) is 22.2. The van der Waals surface area contributed by atoms with Crippen molar-refractivity contribution in [1.82, 2.24) is 29.5 Å². The first-order chi connectivity index (χ1) is 17.5. The number of ether oxygens (including phenoxy) is 2. The Labute approximate surface area is 208 Å². The molecule has 2 aromatic carbocycles. The van der Waals surface area contributed by atoms with Crippen LogP contribution in [0.25, 0.3) is 22.1 Å². The molecule has 36 heavy (non-hydrogen) atoms. The predicted molar refractivity (Wildman–Crippen MR) is 138 cm³/mol. The Kier molecular flexibility index (Phi) is 5.57. The molecule has 4 heterocycles. The van der Waals surface area contributed by atoms with E-state index in [2.05, 4.69) is 37.1 Å². The van der Waals surface area contributed by atoms with Gasteiger partial charge in [0, 0.05) is 31.9 Å². The Balaban J connectivity index is 1.25. The van der Waals surface area contributed by atoms with Gasteiger partial charge < -0.3 is 24.3 Å². The van der Waals surface area contributed by atoms with Crippen LogP contribution >= 0.6 is 0 Å².